The van der Waals surface area contributed by atoms with Crippen LogP contribution in [-0.4, -0.2) is 15.3 Å². The van der Waals surface area contributed by atoms with Gasteiger partial charge in [-0.2, -0.15) is 5.10 Å². The molecule has 1 aliphatic rings. The van der Waals surface area contributed by atoms with Gasteiger partial charge in [0.2, 0.25) is 0 Å². The third-order valence-corrected chi connectivity index (χ3v) is 6.40. The Hall–Kier alpha value is -2.77. The van der Waals surface area contributed by atoms with Crippen LogP contribution in [0, 0.1) is 5.82 Å². The van der Waals surface area contributed by atoms with E-state index >= 15 is 0 Å². The molecule has 2 heterocycles. The molecule has 0 N–H and O–H groups in total. The molecule has 4 nitrogen and oxygen atoms in total. The standard InChI is InChI=1S/C24H17Br2FN4/c25-18-5-1-16(2-6-18)22-24(30-14-13-28-15-30)23(17-3-7-19(26)8-4-17)31(29-22)21-11-9-20(27)10-12-21/h1-15,23-24H. The second-order valence-electron chi connectivity index (χ2n) is 7.26. The third-order valence-electron chi connectivity index (χ3n) is 5.35. The number of aromatic nitrogens is 2. The average Bonchev–Trinajstić information content (AvgIpc) is 3.43. The highest BCUT2D eigenvalue weighted by Crippen LogP contribution is 2.43. The van der Waals surface area contributed by atoms with Gasteiger partial charge in [0.1, 0.15) is 17.9 Å². The lowest BCUT2D eigenvalue weighted by molar-refractivity contribution is 0.526. The summed E-state index contributed by atoms with van der Waals surface area (Å²) in [4.78, 5) is 4.29. The molecule has 0 bridgehead atoms. The van der Waals surface area contributed by atoms with Gasteiger partial charge in [0.05, 0.1) is 17.7 Å². The molecule has 0 amide bonds. The number of anilines is 1. The van der Waals surface area contributed by atoms with Crippen LogP contribution in [0.2, 0.25) is 0 Å². The fraction of sp³-hybridized carbons (Fsp3) is 0.0833. The Morgan fingerprint density at radius 1 is 0.774 bits per heavy atom. The number of hydrogen-bond donors (Lipinski definition) is 0. The van der Waals surface area contributed by atoms with Crippen molar-refractivity contribution >= 4 is 43.3 Å². The van der Waals surface area contributed by atoms with Crippen LogP contribution in [0.15, 0.2) is 106 Å². The van der Waals surface area contributed by atoms with Crippen molar-refractivity contribution in [2.45, 2.75) is 12.1 Å². The first kappa shape index (κ1) is 20.2. The second-order valence-corrected chi connectivity index (χ2v) is 9.10. The number of benzene rings is 3. The topological polar surface area (TPSA) is 33.4 Å². The van der Waals surface area contributed by atoms with E-state index in [4.69, 9.17) is 5.10 Å². The smallest absolute Gasteiger partial charge is 0.123 e. The molecule has 0 spiro atoms. The van der Waals surface area contributed by atoms with Gasteiger partial charge < -0.3 is 4.57 Å². The van der Waals surface area contributed by atoms with Crippen molar-refractivity contribution in [2.24, 2.45) is 5.10 Å². The minimum atomic E-state index is -0.272. The Bertz CT molecular complexity index is 1200. The van der Waals surface area contributed by atoms with Crippen molar-refractivity contribution in [1.82, 2.24) is 9.55 Å². The van der Waals surface area contributed by atoms with E-state index in [0.29, 0.717) is 0 Å². The largest absolute Gasteiger partial charge is 0.326 e. The summed E-state index contributed by atoms with van der Waals surface area (Å²) >= 11 is 7.04. The van der Waals surface area contributed by atoms with Crippen LogP contribution < -0.4 is 5.01 Å². The quantitative estimate of drug-likeness (QED) is 0.287. The zero-order valence-electron chi connectivity index (χ0n) is 16.2. The molecule has 4 aromatic rings. The van der Waals surface area contributed by atoms with Crippen molar-refractivity contribution < 1.29 is 4.39 Å². The number of imidazole rings is 1. The van der Waals surface area contributed by atoms with Gasteiger partial charge in [0, 0.05) is 26.9 Å². The number of nitrogens with zero attached hydrogens (tertiary/aromatic N) is 4. The molecular weight excluding hydrogens is 523 g/mol. The van der Waals surface area contributed by atoms with E-state index in [0.717, 1.165) is 31.5 Å². The Balaban J connectivity index is 1.70. The molecule has 154 valence electrons. The van der Waals surface area contributed by atoms with Gasteiger partial charge in [-0.1, -0.05) is 56.1 Å². The van der Waals surface area contributed by atoms with Gasteiger partial charge in [0.25, 0.3) is 0 Å². The molecule has 0 aliphatic carbocycles. The monoisotopic (exact) mass is 538 g/mol. The first-order chi connectivity index (χ1) is 15.1. The van der Waals surface area contributed by atoms with Crippen molar-refractivity contribution in [1.29, 1.82) is 0 Å². The summed E-state index contributed by atoms with van der Waals surface area (Å²) in [5.41, 5.74) is 3.87. The van der Waals surface area contributed by atoms with Crippen LogP contribution in [0.25, 0.3) is 0 Å². The minimum absolute atomic E-state index is 0.116. The number of hydrogen-bond acceptors (Lipinski definition) is 3. The maximum atomic E-state index is 13.6. The third kappa shape index (κ3) is 3.95. The van der Waals surface area contributed by atoms with E-state index in [2.05, 4.69) is 65.7 Å². The van der Waals surface area contributed by atoms with E-state index in [1.54, 1.807) is 18.3 Å². The van der Waals surface area contributed by atoms with E-state index in [1.807, 2.05) is 41.8 Å². The van der Waals surface area contributed by atoms with E-state index in [1.165, 1.54) is 12.1 Å². The predicted molar refractivity (Wildman–Crippen MR) is 128 cm³/mol. The highest BCUT2D eigenvalue weighted by Gasteiger charge is 2.40. The summed E-state index contributed by atoms with van der Waals surface area (Å²) in [6.45, 7) is 0. The zero-order valence-corrected chi connectivity index (χ0v) is 19.4. The molecule has 2 atom stereocenters. The highest BCUT2D eigenvalue weighted by atomic mass is 79.9. The molecule has 5 rings (SSSR count). The lowest BCUT2D eigenvalue weighted by atomic mass is 9.92. The Morgan fingerprint density at radius 2 is 1.42 bits per heavy atom. The summed E-state index contributed by atoms with van der Waals surface area (Å²) in [5, 5.41) is 7.03. The Labute approximate surface area is 196 Å². The summed E-state index contributed by atoms with van der Waals surface area (Å²) in [6, 6.07) is 22.6. The van der Waals surface area contributed by atoms with Gasteiger partial charge in [0.15, 0.2) is 0 Å². The summed E-state index contributed by atoms with van der Waals surface area (Å²) in [5.74, 6) is -0.272. The minimum Gasteiger partial charge on any atom is -0.326 e. The molecule has 1 aliphatic heterocycles. The van der Waals surface area contributed by atoms with Gasteiger partial charge in [-0.05, 0) is 54.1 Å². The van der Waals surface area contributed by atoms with Crippen LogP contribution in [0.1, 0.15) is 23.2 Å². The number of rotatable bonds is 4. The lowest BCUT2D eigenvalue weighted by Gasteiger charge is -2.29. The van der Waals surface area contributed by atoms with Crippen molar-refractivity contribution in [3.05, 3.63) is 117 Å². The Kier molecular flexibility index (Phi) is 5.46. The molecule has 0 saturated heterocycles. The van der Waals surface area contributed by atoms with Gasteiger partial charge in [-0.25, -0.2) is 9.37 Å². The second kappa shape index (κ2) is 8.40. The molecule has 7 heteroatoms. The summed E-state index contributed by atoms with van der Waals surface area (Å²) < 4.78 is 17.7. The predicted octanol–water partition coefficient (Wildman–Crippen LogP) is 6.75. The first-order valence-electron chi connectivity index (χ1n) is 9.72. The van der Waals surface area contributed by atoms with Crippen LogP contribution in [0.5, 0.6) is 0 Å². The van der Waals surface area contributed by atoms with E-state index < -0.39 is 0 Å². The van der Waals surface area contributed by atoms with Crippen LogP contribution in [-0.2, 0) is 0 Å². The maximum absolute atomic E-state index is 13.6. The Morgan fingerprint density at radius 3 is 2.03 bits per heavy atom. The van der Waals surface area contributed by atoms with E-state index in [-0.39, 0.29) is 17.9 Å². The zero-order chi connectivity index (χ0) is 21.4. The van der Waals surface area contributed by atoms with Gasteiger partial charge in [-0.15, -0.1) is 0 Å². The van der Waals surface area contributed by atoms with Gasteiger partial charge in [-0.3, -0.25) is 5.01 Å². The molecule has 0 radical (unpaired) electrons. The molecule has 0 saturated carbocycles. The highest BCUT2D eigenvalue weighted by molar-refractivity contribution is 9.10. The van der Waals surface area contributed by atoms with Crippen LogP contribution in [0.3, 0.4) is 0 Å². The number of halogens is 3. The summed E-state index contributed by atoms with van der Waals surface area (Å²) in [6.07, 6.45) is 5.55. The van der Waals surface area contributed by atoms with Crippen molar-refractivity contribution in [3.63, 3.8) is 0 Å². The van der Waals surface area contributed by atoms with Crippen molar-refractivity contribution in [3.8, 4) is 0 Å². The maximum Gasteiger partial charge on any atom is 0.123 e. The first-order valence-corrected chi connectivity index (χ1v) is 11.3. The molecule has 0 fully saturated rings. The molecule has 3 aromatic carbocycles. The lowest BCUT2D eigenvalue weighted by Crippen LogP contribution is -2.28. The molecule has 31 heavy (non-hydrogen) atoms. The van der Waals surface area contributed by atoms with Crippen LogP contribution in [0.4, 0.5) is 10.1 Å². The average molecular weight is 540 g/mol. The van der Waals surface area contributed by atoms with Crippen molar-refractivity contribution in [2.75, 3.05) is 5.01 Å². The van der Waals surface area contributed by atoms with Crippen LogP contribution >= 0.6 is 31.9 Å². The summed E-state index contributed by atoms with van der Waals surface area (Å²) in [7, 11) is 0. The van der Waals surface area contributed by atoms with E-state index in [9.17, 15) is 4.39 Å². The number of hydrazone groups is 1. The molecule has 2 unspecified atom stereocenters. The SMILES string of the molecule is Fc1ccc(N2N=C(c3ccc(Br)cc3)C(n3ccnc3)C2c2ccc(Br)cc2)cc1. The van der Waals surface area contributed by atoms with Gasteiger partial charge >= 0.3 is 0 Å². The normalized spacial score (nSPS) is 18.3. The molecular formula is C24H17Br2FN4. The fourth-order valence-corrected chi connectivity index (χ4v) is 4.43. The molecule has 1 aromatic heterocycles. The fourth-order valence-electron chi connectivity index (χ4n) is 3.90.